The fourth-order valence-electron chi connectivity index (χ4n) is 4.34. The van der Waals surface area contributed by atoms with Crippen molar-refractivity contribution in [1.82, 2.24) is 15.2 Å². The fourth-order valence-corrected chi connectivity index (χ4v) is 4.97. The maximum Gasteiger partial charge on any atom is 0.325 e. The van der Waals surface area contributed by atoms with Gasteiger partial charge in [0.25, 0.3) is 5.91 Å². The largest absolute Gasteiger partial charge is 0.325 e. The number of thiazole rings is 1. The van der Waals surface area contributed by atoms with Crippen LogP contribution >= 0.6 is 11.3 Å². The van der Waals surface area contributed by atoms with Gasteiger partial charge in [-0.3, -0.25) is 14.5 Å². The Hall–Kier alpha value is -3.52. The Balaban J connectivity index is 1.34. The Labute approximate surface area is 189 Å². The van der Waals surface area contributed by atoms with Crippen LogP contribution in [0.2, 0.25) is 0 Å². The van der Waals surface area contributed by atoms with Crippen molar-refractivity contribution in [3.05, 3.63) is 70.0 Å². The molecule has 1 fully saturated rings. The smallest absolute Gasteiger partial charge is 0.319 e. The van der Waals surface area contributed by atoms with Crippen molar-refractivity contribution in [2.75, 3.05) is 18.0 Å². The zero-order valence-corrected chi connectivity index (χ0v) is 18.6. The molecular formula is C24H22N4O3S. The Morgan fingerprint density at radius 1 is 1.19 bits per heavy atom. The summed E-state index contributed by atoms with van der Waals surface area (Å²) in [4.78, 5) is 46.0. The van der Waals surface area contributed by atoms with Crippen LogP contribution < -0.4 is 10.2 Å². The molecule has 4 amide bonds. The number of anilines is 1. The van der Waals surface area contributed by atoms with Crippen molar-refractivity contribution in [2.45, 2.75) is 25.8 Å². The van der Waals surface area contributed by atoms with Crippen LogP contribution in [0.4, 0.5) is 10.5 Å². The maximum absolute atomic E-state index is 13.1. The Kier molecular flexibility index (Phi) is 4.82. The van der Waals surface area contributed by atoms with Gasteiger partial charge >= 0.3 is 6.03 Å². The van der Waals surface area contributed by atoms with Crippen molar-refractivity contribution in [2.24, 2.45) is 0 Å². The molecule has 1 atom stereocenters. The summed E-state index contributed by atoms with van der Waals surface area (Å²) in [6, 6.07) is 14.5. The van der Waals surface area contributed by atoms with Gasteiger partial charge in [0.2, 0.25) is 5.91 Å². The van der Waals surface area contributed by atoms with Crippen molar-refractivity contribution in [3.63, 3.8) is 0 Å². The van der Waals surface area contributed by atoms with Gasteiger partial charge in [-0.2, -0.15) is 0 Å². The average molecular weight is 447 g/mol. The first kappa shape index (κ1) is 20.4. The molecule has 2 aliphatic rings. The minimum atomic E-state index is -1.18. The topological polar surface area (TPSA) is 82.6 Å². The first-order chi connectivity index (χ1) is 15.4. The van der Waals surface area contributed by atoms with Gasteiger partial charge in [-0.1, -0.05) is 36.4 Å². The molecule has 5 rings (SSSR count). The van der Waals surface area contributed by atoms with Gasteiger partial charge in [-0.05, 0) is 43.5 Å². The number of aryl methyl sites for hydroxylation is 1. The number of aromatic nitrogens is 1. The number of carbonyl (C=O) groups is 3. The number of urea groups is 1. The van der Waals surface area contributed by atoms with E-state index in [0.29, 0.717) is 12.1 Å². The standard InChI is InChI=1S/C24H22N4O3S/c1-15-25-19(14-32-15)16-8-9-20-17(12-16)10-11-27(20)21(29)13-28-22(30)24(2,26-23(28)31)18-6-4-3-5-7-18/h3-9,12,14H,10-11,13H2,1-2H3,(H,26,31). The number of fused-ring (bicyclic) bond motifs is 1. The summed E-state index contributed by atoms with van der Waals surface area (Å²) in [5, 5.41) is 5.78. The number of hydrogen-bond donors (Lipinski definition) is 1. The van der Waals surface area contributed by atoms with Crippen LogP contribution in [0.1, 0.15) is 23.1 Å². The maximum atomic E-state index is 13.1. The van der Waals surface area contributed by atoms with E-state index < -0.39 is 17.5 Å². The van der Waals surface area contributed by atoms with Gasteiger partial charge in [0.15, 0.2) is 0 Å². The molecule has 0 aliphatic carbocycles. The van der Waals surface area contributed by atoms with E-state index in [0.717, 1.165) is 38.8 Å². The molecule has 3 heterocycles. The van der Waals surface area contributed by atoms with Crippen LogP contribution in [0.15, 0.2) is 53.9 Å². The number of hydrogen-bond acceptors (Lipinski definition) is 5. The number of nitrogens with one attached hydrogen (secondary N) is 1. The lowest BCUT2D eigenvalue weighted by Crippen LogP contribution is -2.44. The lowest BCUT2D eigenvalue weighted by molar-refractivity contribution is -0.134. The Morgan fingerprint density at radius 3 is 2.69 bits per heavy atom. The highest BCUT2D eigenvalue weighted by Gasteiger charge is 2.49. The second-order valence-electron chi connectivity index (χ2n) is 8.20. The highest BCUT2D eigenvalue weighted by atomic mass is 32.1. The third kappa shape index (κ3) is 3.27. The molecule has 7 nitrogen and oxygen atoms in total. The van der Waals surface area contributed by atoms with E-state index in [9.17, 15) is 14.4 Å². The molecule has 1 N–H and O–H groups in total. The summed E-state index contributed by atoms with van der Waals surface area (Å²) in [6.45, 7) is 3.87. The predicted molar refractivity (Wildman–Crippen MR) is 122 cm³/mol. The van der Waals surface area contributed by atoms with Gasteiger partial charge in [0, 0.05) is 23.2 Å². The third-order valence-electron chi connectivity index (χ3n) is 6.11. The van der Waals surface area contributed by atoms with Crippen LogP contribution in [0.3, 0.4) is 0 Å². The highest BCUT2D eigenvalue weighted by Crippen LogP contribution is 2.34. The van der Waals surface area contributed by atoms with Gasteiger partial charge in [0.1, 0.15) is 12.1 Å². The normalized spacial score (nSPS) is 19.9. The van der Waals surface area contributed by atoms with Gasteiger partial charge < -0.3 is 10.2 Å². The van der Waals surface area contributed by atoms with E-state index in [1.165, 1.54) is 0 Å². The quantitative estimate of drug-likeness (QED) is 0.622. The van der Waals surface area contributed by atoms with Crippen molar-refractivity contribution < 1.29 is 14.4 Å². The average Bonchev–Trinajstić information content (AvgIpc) is 3.47. The van der Waals surface area contributed by atoms with Crippen LogP contribution in [0, 0.1) is 6.92 Å². The molecule has 32 heavy (non-hydrogen) atoms. The summed E-state index contributed by atoms with van der Waals surface area (Å²) in [5.74, 6) is -0.697. The van der Waals surface area contributed by atoms with Crippen molar-refractivity contribution in [3.8, 4) is 11.3 Å². The van der Waals surface area contributed by atoms with E-state index in [2.05, 4.69) is 16.4 Å². The highest BCUT2D eigenvalue weighted by molar-refractivity contribution is 7.09. The summed E-state index contributed by atoms with van der Waals surface area (Å²) >= 11 is 1.60. The van der Waals surface area contributed by atoms with Crippen LogP contribution in [-0.2, 0) is 21.5 Å². The summed E-state index contributed by atoms with van der Waals surface area (Å²) < 4.78 is 0. The molecule has 1 saturated heterocycles. The number of benzene rings is 2. The molecule has 0 spiro atoms. The summed E-state index contributed by atoms with van der Waals surface area (Å²) in [5.41, 5.74) is 3.35. The number of nitrogens with zero attached hydrogens (tertiary/aromatic N) is 3. The monoisotopic (exact) mass is 446 g/mol. The molecule has 1 aromatic heterocycles. The van der Waals surface area contributed by atoms with Crippen LogP contribution in [-0.4, -0.2) is 40.8 Å². The van der Waals surface area contributed by atoms with E-state index >= 15 is 0 Å². The molecule has 2 aliphatic heterocycles. The van der Waals surface area contributed by atoms with Crippen molar-refractivity contribution >= 4 is 34.9 Å². The first-order valence-corrected chi connectivity index (χ1v) is 11.3. The Bertz CT molecular complexity index is 1240. The SMILES string of the molecule is Cc1nc(-c2ccc3c(c2)CCN3C(=O)CN2C(=O)NC(C)(c3ccccc3)C2=O)cs1. The number of rotatable bonds is 4. The van der Waals surface area contributed by atoms with E-state index in [-0.39, 0.29) is 12.5 Å². The molecule has 0 saturated carbocycles. The first-order valence-electron chi connectivity index (χ1n) is 10.4. The molecule has 1 unspecified atom stereocenters. The molecule has 3 aromatic rings. The van der Waals surface area contributed by atoms with Crippen LogP contribution in [0.5, 0.6) is 0 Å². The molecule has 0 radical (unpaired) electrons. The number of carbonyl (C=O) groups excluding carboxylic acids is 3. The van der Waals surface area contributed by atoms with E-state index in [1.807, 2.05) is 42.6 Å². The molecular weight excluding hydrogens is 424 g/mol. The number of amides is 4. The molecule has 162 valence electrons. The fraction of sp³-hybridized carbons (Fsp3) is 0.250. The summed E-state index contributed by atoms with van der Waals surface area (Å²) in [7, 11) is 0. The lowest BCUT2D eigenvalue weighted by atomic mass is 9.92. The van der Waals surface area contributed by atoms with Crippen molar-refractivity contribution in [1.29, 1.82) is 0 Å². The molecule has 0 bridgehead atoms. The summed E-state index contributed by atoms with van der Waals surface area (Å²) in [6.07, 6.45) is 0.722. The van der Waals surface area contributed by atoms with E-state index in [4.69, 9.17) is 0 Å². The molecule has 2 aromatic carbocycles. The van der Waals surface area contributed by atoms with Gasteiger partial charge in [-0.25, -0.2) is 9.78 Å². The Morgan fingerprint density at radius 2 is 1.97 bits per heavy atom. The minimum Gasteiger partial charge on any atom is -0.319 e. The van der Waals surface area contributed by atoms with Crippen LogP contribution in [0.25, 0.3) is 11.3 Å². The molecule has 8 heteroatoms. The second kappa shape index (κ2) is 7.56. The third-order valence-corrected chi connectivity index (χ3v) is 6.88. The zero-order valence-electron chi connectivity index (χ0n) is 17.8. The van der Waals surface area contributed by atoms with Gasteiger partial charge in [-0.15, -0.1) is 11.3 Å². The minimum absolute atomic E-state index is 0.276. The predicted octanol–water partition coefficient (Wildman–Crippen LogP) is 3.47. The number of imide groups is 1. The van der Waals surface area contributed by atoms with Gasteiger partial charge in [0.05, 0.1) is 10.7 Å². The van der Waals surface area contributed by atoms with E-state index in [1.54, 1.807) is 35.3 Å². The second-order valence-corrected chi connectivity index (χ2v) is 9.27. The zero-order chi connectivity index (χ0) is 22.5. The lowest BCUT2D eigenvalue weighted by Gasteiger charge is -2.23.